The number of likely N-dealkylation sites (tertiary alicyclic amines) is 1. The van der Waals surface area contributed by atoms with E-state index in [-0.39, 0.29) is 41.7 Å². The van der Waals surface area contributed by atoms with E-state index in [4.69, 9.17) is 0 Å². The van der Waals surface area contributed by atoms with E-state index in [0.29, 0.717) is 19.5 Å². The van der Waals surface area contributed by atoms with Gasteiger partial charge in [-0.3, -0.25) is 14.3 Å². The number of rotatable bonds is 5. The molecule has 0 saturated carbocycles. The number of hydrogen-bond acceptors (Lipinski definition) is 5. The van der Waals surface area contributed by atoms with E-state index in [1.165, 1.54) is 0 Å². The Labute approximate surface area is 192 Å². The summed E-state index contributed by atoms with van der Waals surface area (Å²) >= 11 is 0. The molecule has 0 aliphatic carbocycles. The number of imidazole rings is 1. The average molecular weight is 469 g/mol. The fourth-order valence-corrected chi connectivity index (χ4v) is 6.87. The van der Waals surface area contributed by atoms with E-state index in [1.54, 1.807) is 4.90 Å². The first-order valence-electron chi connectivity index (χ1n) is 11.4. The molecule has 2 fully saturated rings. The largest absolute Gasteiger partial charge is 0.326 e. The first-order chi connectivity index (χ1) is 15.9. The Hall–Kier alpha value is -2.91. The molecule has 9 heteroatoms. The molecule has 2 aliphatic rings. The molecule has 8 nitrogen and oxygen atoms in total. The Balaban J connectivity index is 1.28. The number of nitrogens with one attached hydrogen (secondary N) is 1. The van der Waals surface area contributed by atoms with Crippen molar-refractivity contribution in [1.29, 1.82) is 0 Å². The average Bonchev–Trinajstić information content (AvgIpc) is 3.33. The predicted molar refractivity (Wildman–Crippen MR) is 128 cm³/mol. The molecule has 2 aliphatic heterocycles. The Morgan fingerprint density at radius 3 is 2.39 bits per heavy atom. The van der Waals surface area contributed by atoms with Gasteiger partial charge in [0.15, 0.2) is 9.84 Å². The Bertz CT molecular complexity index is 1310. The van der Waals surface area contributed by atoms with Crippen molar-refractivity contribution in [3.05, 3.63) is 65.1 Å². The van der Waals surface area contributed by atoms with Gasteiger partial charge >= 0.3 is 5.69 Å². The third-order valence-electron chi connectivity index (χ3n) is 6.78. The van der Waals surface area contributed by atoms with Crippen LogP contribution in [0.5, 0.6) is 0 Å². The molecular formula is C24H28N4O4S. The summed E-state index contributed by atoms with van der Waals surface area (Å²) in [6.07, 6.45) is 2.02. The maximum Gasteiger partial charge on any atom is 0.326 e. The van der Waals surface area contributed by atoms with Crippen LogP contribution in [0.2, 0.25) is 0 Å². The number of piperidine rings is 1. The number of nitrogens with zero attached hydrogens (tertiary/aromatic N) is 3. The maximum absolute atomic E-state index is 13.4. The Kier molecular flexibility index (Phi) is 5.84. The SMILES string of the molecule is O=C(CN1CCC(n2c(=O)[nH]c3ccccc32)CC1)N(c1ccccc1)[C@@H]1CCS(=O)(=O)C1. The second-order valence-corrected chi connectivity index (χ2v) is 11.2. The van der Waals surface area contributed by atoms with Crippen LogP contribution in [0.1, 0.15) is 25.3 Å². The van der Waals surface area contributed by atoms with Crippen LogP contribution < -0.4 is 10.6 Å². The molecule has 5 rings (SSSR count). The van der Waals surface area contributed by atoms with E-state index in [2.05, 4.69) is 9.88 Å². The van der Waals surface area contributed by atoms with Gasteiger partial charge in [-0.25, -0.2) is 13.2 Å². The molecular weight excluding hydrogens is 440 g/mol. The van der Waals surface area contributed by atoms with Crippen LogP contribution in [0, 0.1) is 0 Å². The molecule has 0 radical (unpaired) electrons. The second kappa shape index (κ2) is 8.79. The number of hydrogen-bond donors (Lipinski definition) is 1. The number of para-hydroxylation sites is 3. The number of aromatic amines is 1. The summed E-state index contributed by atoms with van der Waals surface area (Å²) in [5.41, 5.74) is 2.40. The Morgan fingerprint density at radius 2 is 1.70 bits per heavy atom. The van der Waals surface area contributed by atoms with Gasteiger partial charge in [0.25, 0.3) is 0 Å². The number of sulfone groups is 1. The quantitative estimate of drug-likeness (QED) is 0.619. The molecule has 3 aromatic rings. The van der Waals surface area contributed by atoms with Gasteiger partial charge in [-0.2, -0.15) is 0 Å². The van der Waals surface area contributed by atoms with E-state index >= 15 is 0 Å². The number of benzene rings is 2. The maximum atomic E-state index is 13.4. The summed E-state index contributed by atoms with van der Waals surface area (Å²) in [7, 11) is -3.11. The number of fused-ring (bicyclic) bond motifs is 1. The third kappa shape index (κ3) is 4.47. The van der Waals surface area contributed by atoms with Crippen molar-refractivity contribution in [2.45, 2.75) is 31.3 Å². The van der Waals surface area contributed by atoms with Crippen LogP contribution in [0.4, 0.5) is 5.69 Å². The van der Waals surface area contributed by atoms with E-state index in [9.17, 15) is 18.0 Å². The lowest BCUT2D eigenvalue weighted by molar-refractivity contribution is -0.120. The fraction of sp³-hybridized carbons (Fsp3) is 0.417. The highest BCUT2D eigenvalue weighted by Gasteiger charge is 2.36. The minimum absolute atomic E-state index is 0.0131. The number of amides is 1. The summed E-state index contributed by atoms with van der Waals surface area (Å²) in [4.78, 5) is 32.6. The van der Waals surface area contributed by atoms with Crippen molar-refractivity contribution >= 4 is 32.5 Å². The number of anilines is 1. The van der Waals surface area contributed by atoms with Crippen LogP contribution in [0.15, 0.2) is 59.4 Å². The van der Waals surface area contributed by atoms with Gasteiger partial charge in [0.1, 0.15) is 0 Å². The first-order valence-corrected chi connectivity index (χ1v) is 13.2. The third-order valence-corrected chi connectivity index (χ3v) is 8.53. The van der Waals surface area contributed by atoms with Crippen LogP contribution >= 0.6 is 0 Å². The molecule has 2 aromatic carbocycles. The topological polar surface area (TPSA) is 95.5 Å². The molecule has 174 valence electrons. The lowest BCUT2D eigenvalue weighted by Crippen LogP contribution is -2.48. The highest BCUT2D eigenvalue weighted by Crippen LogP contribution is 2.27. The lowest BCUT2D eigenvalue weighted by atomic mass is 10.0. The fourth-order valence-electron chi connectivity index (χ4n) is 5.17. The normalized spacial score (nSPS) is 21.4. The van der Waals surface area contributed by atoms with E-state index in [1.807, 2.05) is 59.2 Å². The van der Waals surface area contributed by atoms with Crippen molar-refractivity contribution in [2.24, 2.45) is 0 Å². The minimum atomic E-state index is -3.11. The zero-order chi connectivity index (χ0) is 23.0. The van der Waals surface area contributed by atoms with Crippen LogP contribution in [0.3, 0.4) is 0 Å². The molecule has 0 unspecified atom stereocenters. The summed E-state index contributed by atoms with van der Waals surface area (Å²) in [6, 6.07) is 16.8. The van der Waals surface area contributed by atoms with Crippen LogP contribution in [-0.2, 0) is 14.6 Å². The molecule has 1 N–H and O–H groups in total. The summed E-state index contributed by atoms with van der Waals surface area (Å²) < 4.78 is 26.0. The lowest BCUT2D eigenvalue weighted by Gasteiger charge is -2.35. The molecule has 3 heterocycles. The molecule has 0 spiro atoms. The summed E-state index contributed by atoms with van der Waals surface area (Å²) in [5.74, 6) is 0.0594. The molecule has 0 bridgehead atoms. The number of H-pyrrole nitrogens is 1. The first kappa shape index (κ1) is 21.9. The molecule has 1 amide bonds. The van der Waals surface area contributed by atoms with E-state index in [0.717, 1.165) is 29.6 Å². The van der Waals surface area contributed by atoms with Crippen LogP contribution in [-0.4, -0.2) is 66.0 Å². The standard InChI is InChI=1S/C24H28N4O4S/c29-23(27(18-6-2-1-3-7-18)20-12-15-33(31,32)17-20)16-26-13-10-19(11-14-26)28-22-9-5-4-8-21(22)25-24(28)30/h1-9,19-20H,10-17H2,(H,25,30)/t20-/m1/s1. The second-order valence-electron chi connectivity index (χ2n) is 8.98. The smallest absolute Gasteiger partial charge is 0.307 e. The van der Waals surface area contributed by atoms with Gasteiger partial charge in [0.05, 0.1) is 35.1 Å². The number of carbonyl (C=O) groups excluding carboxylic acids is 1. The molecule has 33 heavy (non-hydrogen) atoms. The van der Waals surface area contributed by atoms with Gasteiger partial charge in [0.2, 0.25) is 5.91 Å². The molecule has 1 aromatic heterocycles. The summed E-state index contributed by atoms with van der Waals surface area (Å²) in [6.45, 7) is 1.64. The Morgan fingerprint density at radius 1 is 1.00 bits per heavy atom. The van der Waals surface area contributed by atoms with Gasteiger partial charge < -0.3 is 9.88 Å². The highest BCUT2D eigenvalue weighted by atomic mass is 32.2. The van der Waals surface area contributed by atoms with Gasteiger partial charge in [-0.15, -0.1) is 0 Å². The summed E-state index contributed by atoms with van der Waals surface area (Å²) in [5, 5.41) is 0. The minimum Gasteiger partial charge on any atom is -0.307 e. The van der Waals surface area contributed by atoms with Gasteiger partial charge in [-0.1, -0.05) is 30.3 Å². The monoisotopic (exact) mass is 468 g/mol. The predicted octanol–water partition coefficient (Wildman–Crippen LogP) is 2.19. The highest BCUT2D eigenvalue weighted by molar-refractivity contribution is 7.91. The zero-order valence-corrected chi connectivity index (χ0v) is 19.2. The van der Waals surface area contributed by atoms with Crippen molar-refractivity contribution in [3.8, 4) is 0 Å². The van der Waals surface area contributed by atoms with Crippen molar-refractivity contribution in [1.82, 2.24) is 14.5 Å². The van der Waals surface area contributed by atoms with Crippen molar-refractivity contribution in [3.63, 3.8) is 0 Å². The zero-order valence-electron chi connectivity index (χ0n) is 18.4. The number of aromatic nitrogens is 2. The number of carbonyl (C=O) groups is 1. The molecule has 2 saturated heterocycles. The molecule has 1 atom stereocenters. The van der Waals surface area contributed by atoms with Gasteiger partial charge in [0, 0.05) is 24.8 Å². The van der Waals surface area contributed by atoms with Gasteiger partial charge in [-0.05, 0) is 43.5 Å². The van der Waals surface area contributed by atoms with E-state index < -0.39 is 9.84 Å². The van der Waals surface area contributed by atoms with Crippen molar-refractivity contribution < 1.29 is 13.2 Å². The van der Waals surface area contributed by atoms with Crippen LogP contribution in [0.25, 0.3) is 11.0 Å². The van der Waals surface area contributed by atoms with Crippen molar-refractivity contribution in [2.75, 3.05) is 36.0 Å².